The van der Waals surface area contributed by atoms with Crippen molar-refractivity contribution in [1.29, 1.82) is 0 Å². The summed E-state index contributed by atoms with van der Waals surface area (Å²) in [4.78, 5) is 24.1. The van der Waals surface area contributed by atoms with Gasteiger partial charge < -0.3 is 9.84 Å². The topological polar surface area (TPSA) is 75.6 Å². The molecule has 0 spiro atoms. The number of hydrogen-bond acceptors (Lipinski definition) is 5. The van der Waals surface area contributed by atoms with Gasteiger partial charge in [0.2, 0.25) is 0 Å². The SMILES string of the molecule is CC(C)CC(C)(NCc1ccc(CCC(=O)CO)cc1)C(=O)OC1CCCC1. The highest BCUT2D eigenvalue weighted by molar-refractivity contribution is 5.80. The van der Waals surface area contributed by atoms with Crippen molar-refractivity contribution in [2.45, 2.75) is 83.9 Å². The van der Waals surface area contributed by atoms with Crippen LogP contribution in [0.15, 0.2) is 24.3 Å². The Labute approximate surface area is 168 Å². The first-order chi connectivity index (χ1) is 13.3. The lowest BCUT2D eigenvalue weighted by Crippen LogP contribution is -2.51. The van der Waals surface area contributed by atoms with E-state index in [0.717, 1.165) is 43.2 Å². The van der Waals surface area contributed by atoms with E-state index < -0.39 is 12.1 Å². The van der Waals surface area contributed by atoms with Crippen LogP contribution in [0, 0.1) is 5.92 Å². The number of carbonyl (C=O) groups is 2. The van der Waals surface area contributed by atoms with Crippen LogP contribution in [0.2, 0.25) is 0 Å². The highest BCUT2D eigenvalue weighted by atomic mass is 16.5. The van der Waals surface area contributed by atoms with Gasteiger partial charge in [-0.1, -0.05) is 38.1 Å². The zero-order valence-corrected chi connectivity index (χ0v) is 17.5. The Kier molecular flexibility index (Phi) is 8.64. The number of ketones is 1. The van der Waals surface area contributed by atoms with Crippen molar-refractivity contribution in [3.63, 3.8) is 0 Å². The summed E-state index contributed by atoms with van der Waals surface area (Å²) in [6.45, 7) is 6.36. The third-order valence-electron chi connectivity index (χ3n) is 5.42. The molecule has 28 heavy (non-hydrogen) atoms. The van der Waals surface area contributed by atoms with Gasteiger partial charge in [0.15, 0.2) is 5.78 Å². The lowest BCUT2D eigenvalue weighted by molar-refractivity contribution is -0.157. The second-order valence-electron chi connectivity index (χ2n) is 8.61. The second-order valence-corrected chi connectivity index (χ2v) is 8.61. The van der Waals surface area contributed by atoms with Gasteiger partial charge in [-0.2, -0.15) is 0 Å². The molecule has 0 bridgehead atoms. The monoisotopic (exact) mass is 389 g/mol. The smallest absolute Gasteiger partial charge is 0.326 e. The molecule has 0 aliphatic heterocycles. The summed E-state index contributed by atoms with van der Waals surface area (Å²) >= 11 is 0. The molecule has 1 aromatic rings. The van der Waals surface area contributed by atoms with Crippen LogP contribution in [0.5, 0.6) is 0 Å². The lowest BCUT2D eigenvalue weighted by atomic mass is 9.90. The molecule has 1 aliphatic rings. The molecule has 1 saturated carbocycles. The quantitative estimate of drug-likeness (QED) is 0.566. The molecule has 2 rings (SSSR count). The first kappa shape index (κ1) is 22.6. The van der Waals surface area contributed by atoms with E-state index in [1.54, 1.807) is 0 Å². The van der Waals surface area contributed by atoms with E-state index in [1.165, 1.54) is 0 Å². The molecular weight excluding hydrogens is 354 g/mol. The standard InChI is InChI=1S/C23H35NO4/c1-17(2)14-23(3,22(27)28-21-6-4-5-7-21)24-15-19-10-8-18(9-11-19)12-13-20(26)16-25/h8-11,17,21,24-25H,4-7,12-16H2,1-3H3. The number of esters is 1. The molecule has 1 aliphatic carbocycles. The van der Waals surface area contributed by atoms with Gasteiger partial charge >= 0.3 is 5.97 Å². The summed E-state index contributed by atoms with van der Waals surface area (Å²) in [5, 5.41) is 12.2. The predicted octanol–water partition coefficient (Wildman–Crippen LogP) is 3.56. The summed E-state index contributed by atoms with van der Waals surface area (Å²) < 4.78 is 5.80. The molecule has 2 N–H and O–H groups in total. The van der Waals surface area contributed by atoms with Crippen molar-refractivity contribution in [3.05, 3.63) is 35.4 Å². The van der Waals surface area contributed by atoms with Crippen LogP contribution in [0.4, 0.5) is 0 Å². The zero-order chi connectivity index (χ0) is 20.6. The number of hydrogen-bond donors (Lipinski definition) is 2. The molecular formula is C23H35NO4. The highest BCUT2D eigenvalue weighted by Crippen LogP contribution is 2.25. The molecule has 5 heteroatoms. The molecule has 0 amide bonds. The molecule has 1 fully saturated rings. The Hall–Kier alpha value is -1.72. The van der Waals surface area contributed by atoms with Gasteiger partial charge in [0.25, 0.3) is 0 Å². The van der Waals surface area contributed by atoms with Crippen LogP contribution < -0.4 is 5.32 Å². The minimum Gasteiger partial charge on any atom is -0.461 e. The minimum atomic E-state index is -0.705. The van der Waals surface area contributed by atoms with Crippen molar-refractivity contribution in [3.8, 4) is 0 Å². The van der Waals surface area contributed by atoms with Crippen molar-refractivity contribution in [2.24, 2.45) is 5.92 Å². The summed E-state index contributed by atoms with van der Waals surface area (Å²) in [7, 11) is 0. The molecule has 1 aromatic carbocycles. The average molecular weight is 390 g/mol. The van der Waals surface area contributed by atoms with E-state index >= 15 is 0 Å². The molecule has 0 radical (unpaired) electrons. The fourth-order valence-electron chi connectivity index (χ4n) is 3.82. The number of Topliss-reactive ketones (excluding diaryl/α,β-unsaturated/α-hetero) is 1. The van der Waals surface area contributed by atoms with E-state index in [9.17, 15) is 9.59 Å². The van der Waals surface area contributed by atoms with Gasteiger partial charge in [-0.05, 0) is 62.5 Å². The molecule has 1 atom stereocenters. The molecule has 0 heterocycles. The maximum atomic E-state index is 12.9. The average Bonchev–Trinajstić information content (AvgIpc) is 3.17. The van der Waals surface area contributed by atoms with E-state index in [0.29, 0.717) is 25.3 Å². The van der Waals surface area contributed by atoms with Crippen LogP contribution in [0.25, 0.3) is 0 Å². The van der Waals surface area contributed by atoms with Gasteiger partial charge in [0, 0.05) is 13.0 Å². The fourth-order valence-corrected chi connectivity index (χ4v) is 3.82. The van der Waals surface area contributed by atoms with Gasteiger partial charge in [0.05, 0.1) is 0 Å². The molecule has 0 saturated heterocycles. The van der Waals surface area contributed by atoms with Crippen molar-refractivity contribution in [2.75, 3.05) is 6.61 Å². The fraction of sp³-hybridized carbons (Fsp3) is 0.652. The maximum absolute atomic E-state index is 12.9. The van der Waals surface area contributed by atoms with Gasteiger partial charge in [-0.25, -0.2) is 0 Å². The Morgan fingerprint density at radius 1 is 1.18 bits per heavy atom. The minimum absolute atomic E-state index is 0.0710. The normalized spacial score (nSPS) is 16.9. The Morgan fingerprint density at radius 2 is 1.79 bits per heavy atom. The van der Waals surface area contributed by atoms with Gasteiger partial charge in [0.1, 0.15) is 18.2 Å². The number of nitrogens with one attached hydrogen (secondary N) is 1. The zero-order valence-electron chi connectivity index (χ0n) is 17.5. The maximum Gasteiger partial charge on any atom is 0.326 e. The lowest BCUT2D eigenvalue weighted by Gasteiger charge is -2.31. The van der Waals surface area contributed by atoms with Crippen molar-refractivity contribution < 1.29 is 19.4 Å². The van der Waals surface area contributed by atoms with E-state index in [-0.39, 0.29) is 17.9 Å². The van der Waals surface area contributed by atoms with Crippen LogP contribution in [-0.4, -0.2) is 35.1 Å². The van der Waals surface area contributed by atoms with Gasteiger partial charge in [-0.3, -0.25) is 14.9 Å². The number of aliphatic hydroxyl groups is 1. The molecule has 5 nitrogen and oxygen atoms in total. The molecule has 156 valence electrons. The van der Waals surface area contributed by atoms with Crippen molar-refractivity contribution in [1.82, 2.24) is 5.32 Å². The summed E-state index contributed by atoms with van der Waals surface area (Å²) in [6.07, 6.45) is 6.01. The van der Waals surface area contributed by atoms with Crippen LogP contribution in [0.1, 0.15) is 70.4 Å². The molecule has 0 aromatic heterocycles. The highest BCUT2D eigenvalue weighted by Gasteiger charge is 2.37. The summed E-state index contributed by atoms with van der Waals surface area (Å²) in [5.41, 5.74) is 1.44. The van der Waals surface area contributed by atoms with Crippen LogP contribution in [0.3, 0.4) is 0 Å². The third kappa shape index (κ3) is 7.02. The number of benzene rings is 1. The largest absolute Gasteiger partial charge is 0.461 e. The van der Waals surface area contributed by atoms with Gasteiger partial charge in [-0.15, -0.1) is 0 Å². The number of aliphatic hydroxyl groups excluding tert-OH is 1. The first-order valence-electron chi connectivity index (χ1n) is 10.5. The van der Waals surface area contributed by atoms with E-state index in [4.69, 9.17) is 9.84 Å². The molecule has 1 unspecified atom stereocenters. The summed E-state index contributed by atoms with van der Waals surface area (Å²) in [5.74, 6) is 0.0864. The number of ether oxygens (including phenoxy) is 1. The van der Waals surface area contributed by atoms with E-state index in [1.807, 2.05) is 31.2 Å². The van der Waals surface area contributed by atoms with Crippen LogP contribution >= 0.6 is 0 Å². The van der Waals surface area contributed by atoms with Crippen molar-refractivity contribution >= 4 is 11.8 Å². The number of carbonyl (C=O) groups excluding carboxylic acids is 2. The Morgan fingerprint density at radius 3 is 2.36 bits per heavy atom. The first-order valence-corrected chi connectivity index (χ1v) is 10.5. The number of rotatable bonds is 11. The predicted molar refractivity (Wildman–Crippen MR) is 110 cm³/mol. The second kappa shape index (κ2) is 10.7. The Balaban J connectivity index is 1.94. The third-order valence-corrected chi connectivity index (χ3v) is 5.42. The Bertz CT molecular complexity index is 635. The number of aryl methyl sites for hydroxylation is 1. The van der Waals surface area contributed by atoms with Crippen LogP contribution in [-0.2, 0) is 27.3 Å². The van der Waals surface area contributed by atoms with E-state index in [2.05, 4.69) is 19.2 Å². The summed E-state index contributed by atoms with van der Waals surface area (Å²) in [6, 6.07) is 8.03.